The Labute approximate surface area is 97.5 Å². The average Bonchev–Trinajstić information content (AvgIpc) is 2.20. The summed E-state index contributed by atoms with van der Waals surface area (Å²) in [5.74, 6) is 0.630. The number of methoxy groups -OCH3 is 1. The van der Waals surface area contributed by atoms with Crippen LogP contribution < -0.4 is 4.74 Å². The van der Waals surface area contributed by atoms with E-state index in [0.29, 0.717) is 24.5 Å². The average molecular weight is 273 g/mol. The van der Waals surface area contributed by atoms with E-state index in [9.17, 15) is 4.79 Å². The molecule has 0 heterocycles. The highest BCUT2D eigenvalue weighted by molar-refractivity contribution is 9.10. The van der Waals surface area contributed by atoms with E-state index in [-0.39, 0.29) is 0 Å². The quantitative estimate of drug-likeness (QED) is 0.611. The van der Waals surface area contributed by atoms with Crippen molar-refractivity contribution in [3.8, 4) is 5.75 Å². The third-order valence-electron chi connectivity index (χ3n) is 1.93. The van der Waals surface area contributed by atoms with Gasteiger partial charge in [-0.1, -0.05) is 15.9 Å². The molecule has 3 nitrogen and oxygen atoms in total. The van der Waals surface area contributed by atoms with Gasteiger partial charge in [0, 0.05) is 11.6 Å². The van der Waals surface area contributed by atoms with Crippen LogP contribution in [0.3, 0.4) is 0 Å². The molecule has 0 atom stereocenters. The van der Waals surface area contributed by atoms with E-state index in [1.165, 1.54) is 0 Å². The lowest BCUT2D eigenvalue weighted by Gasteiger charge is -2.11. The molecule has 82 valence electrons. The molecule has 0 fully saturated rings. The Balaban J connectivity index is 2.89. The fraction of sp³-hybridized carbons (Fsp3) is 0.364. The number of benzene rings is 1. The van der Waals surface area contributed by atoms with E-state index >= 15 is 0 Å². The fourth-order valence-corrected chi connectivity index (χ4v) is 1.86. The first-order valence-electron chi connectivity index (χ1n) is 4.56. The summed E-state index contributed by atoms with van der Waals surface area (Å²) in [4.78, 5) is 10.8. The molecule has 0 radical (unpaired) electrons. The summed E-state index contributed by atoms with van der Waals surface area (Å²) in [5, 5.41) is 0. The molecule has 0 amide bonds. The molecule has 1 rings (SSSR count). The number of rotatable bonds is 5. The molecule has 0 aliphatic rings. The van der Waals surface area contributed by atoms with Crippen molar-refractivity contribution in [2.24, 2.45) is 0 Å². The number of carbonyl (C=O) groups excluding carboxylic acids is 1. The number of halogens is 1. The molecule has 0 unspecified atom stereocenters. The standard InChI is InChI=1S/C11H13BrO3/c1-8-5-10(12)6-9(7-13)11(8)15-4-3-14-2/h5-7H,3-4H2,1-2H3. The highest BCUT2D eigenvalue weighted by atomic mass is 79.9. The summed E-state index contributed by atoms with van der Waals surface area (Å²) in [7, 11) is 1.61. The maximum atomic E-state index is 10.8. The first-order valence-corrected chi connectivity index (χ1v) is 5.35. The van der Waals surface area contributed by atoms with E-state index < -0.39 is 0 Å². The molecule has 0 bridgehead atoms. The van der Waals surface area contributed by atoms with Crippen LogP contribution in [0.2, 0.25) is 0 Å². The van der Waals surface area contributed by atoms with E-state index in [4.69, 9.17) is 9.47 Å². The van der Waals surface area contributed by atoms with Crippen molar-refractivity contribution in [3.05, 3.63) is 27.7 Å². The third-order valence-corrected chi connectivity index (χ3v) is 2.39. The first kappa shape index (κ1) is 12.2. The molecular weight excluding hydrogens is 260 g/mol. The van der Waals surface area contributed by atoms with Crippen LogP contribution in [0.4, 0.5) is 0 Å². The molecule has 0 N–H and O–H groups in total. The van der Waals surface area contributed by atoms with Gasteiger partial charge in [0.1, 0.15) is 12.4 Å². The number of hydrogen-bond donors (Lipinski definition) is 0. The lowest BCUT2D eigenvalue weighted by atomic mass is 10.1. The molecule has 0 aromatic heterocycles. The van der Waals surface area contributed by atoms with Crippen LogP contribution in [0.15, 0.2) is 16.6 Å². The third kappa shape index (κ3) is 3.32. The summed E-state index contributed by atoms with van der Waals surface area (Å²) in [5.41, 5.74) is 1.49. The zero-order valence-electron chi connectivity index (χ0n) is 8.75. The Morgan fingerprint density at radius 3 is 2.73 bits per heavy atom. The predicted molar refractivity (Wildman–Crippen MR) is 61.6 cm³/mol. The van der Waals surface area contributed by atoms with E-state index in [2.05, 4.69) is 15.9 Å². The van der Waals surface area contributed by atoms with E-state index in [1.54, 1.807) is 13.2 Å². The van der Waals surface area contributed by atoms with Crippen LogP contribution in [-0.4, -0.2) is 26.6 Å². The van der Waals surface area contributed by atoms with Crippen LogP contribution in [0.1, 0.15) is 15.9 Å². The molecule has 15 heavy (non-hydrogen) atoms. The van der Waals surface area contributed by atoms with Gasteiger partial charge >= 0.3 is 0 Å². The first-order chi connectivity index (χ1) is 7.19. The number of aryl methyl sites for hydroxylation is 1. The van der Waals surface area contributed by atoms with Gasteiger partial charge in [-0.15, -0.1) is 0 Å². The molecule has 0 aliphatic heterocycles. The minimum Gasteiger partial charge on any atom is -0.490 e. The van der Waals surface area contributed by atoms with Gasteiger partial charge < -0.3 is 9.47 Å². The number of aldehydes is 1. The fourth-order valence-electron chi connectivity index (χ4n) is 1.27. The second kappa shape index (κ2) is 5.88. The van der Waals surface area contributed by atoms with Crippen molar-refractivity contribution >= 4 is 22.2 Å². The zero-order chi connectivity index (χ0) is 11.3. The van der Waals surface area contributed by atoms with Gasteiger partial charge in [-0.25, -0.2) is 0 Å². The van der Waals surface area contributed by atoms with Crippen LogP contribution >= 0.6 is 15.9 Å². The van der Waals surface area contributed by atoms with Crippen molar-refractivity contribution in [2.75, 3.05) is 20.3 Å². The van der Waals surface area contributed by atoms with Crippen molar-refractivity contribution in [1.82, 2.24) is 0 Å². The number of ether oxygens (including phenoxy) is 2. The number of hydrogen-bond acceptors (Lipinski definition) is 3. The summed E-state index contributed by atoms with van der Waals surface area (Å²) in [6.07, 6.45) is 0.792. The molecule has 1 aromatic rings. The summed E-state index contributed by atoms with van der Waals surface area (Å²) >= 11 is 3.33. The van der Waals surface area contributed by atoms with Crippen molar-refractivity contribution < 1.29 is 14.3 Å². The topological polar surface area (TPSA) is 35.5 Å². The van der Waals surface area contributed by atoms with Crippen molar-refractivity contribution in [1.29, 1.82) is 0 Å². The Hall–Kier alpha value is -0.870. The maximum Gasteiger partial charge on any atom is 0.153 e. The van der Waals surface area contributed by atoms with Gasteiger partial charge in [0.25, 0.3) is 0 Å². The van der Waals surface area contributed by atoms with Gasteiger partial charge in [-0.05, 0) is 24.6 Å². The van der Waals surface area contributed by atoms with Crippen LogP contribution in [0.25, 0.3) is 0 Å². The Morgan fingerprint density at radius 1 is 1.40 bits per heavy atom. The molecule has 1 aromatic carbocycles. The second-order valence-corrected chi connectivity index (χ2v) is 4.02. The smallest absolute Gasteiger partial charge is 0.153 e. The van der Waals surface area contributed by atoms with E-state index in [0.717, 1.165) is 16.3 Å². The van der Waals surface area contributed by atoms with E-state index in [1.807, 2.05) is 13.0 Å². The van der Waals surface area contributed by atoms with Crippen molar-refractivity contribution in [2.45, 2.75) is 6.92 Å². The highest BCUT2D eigenvalue weighted by Crippen LogP contribution is 2.26. The molecule has 0 saturated heterocycles. The van der Waals surface area contributed by atoms with Crippen LogP contribution in [-0.2, 0) is 4.74 Å². The zero-order valence-corrected chi connectivity index (χ0v) is 10.3. The molecular formula is C11H13BrO3. The van der Waals surface area contributed by atoms with Gasteiger partial charge in [0.2, 0.25) is 0 Å². The lowest BCUT2D eigenvalue weighted by molar-refractivity contribution is 0.111. The Kier molecular flexibility index (Phi) is 4.78. The molecule has 4 heteroatoms. The minimum absolute atomic E-state index is 0.444. The van der Waals surface area contributed by atoms with Gasteiger partial charge in [0.15, 0.2) is 6.29 Å². The summed E-state index contributed by atoms with van der Waals surface area (Å²) < 4.78 is 11.2. The minimum atomic E-state index is 0.444. The lowest BCUT2D eigenvalue weighted by Crippen LogP contribution is -2.07. The SMILES string of the molecule is COCCOc1c(C)cc(Br)cc1C=O. The Morgan fingerprint density at radius 2 is 2.13 bits per heavy atom. The normalized spacial score (nSPS) is 10.1. The van der Waals surface area contributed by atoms with Crippen molar-refractivity contribution in [3.63, 3.8) is 0 Å². The Bertz CT molecular complexity index is 350. The number of carbonyl (C=O) groups is 1. The van der Waals surface area contributed by atoms with Crippen LogP contribution in [0.5, 0.6) is 5.75 Å². The second-order valence-electron chi connectivity index (χ2n) is 3.10. The molecule has 0 spiro atoms. The summed E-state index contributed by atoms with van der Waals surface area (Å²) in [6, 6.07) is 3.65. The maximum absolute atomic E-state index is 10.8. The molecule has 0 saturated carbocycles. The molecule has 0 aliphatic carbocycles. The monoisotopic (exact) mass is 272 g/mol. The van der Waals surface area contributed by atoms with Gasteiger partial charge in [-0.3, -0.25) is 4.79 Å². The van der Waals surface area contributed by atoms with Gasteiger partial charge in [-0.2, -0.15) is 0 Å². The largest absolute Gasteiger partial charge is 0.490 e. The van der Waals surface area contributed by atoms with Gasteiger partial charge in [0.05, 0.1) is 12.2 Å². The summed E-state index contributed by atoms with van der Waals surface area (Å²) in [6.45, 7) is 2.85. The predicted octanol–water partition coefficient (Wildman–Crippen LogP) is 2.60. The highest BCUT2D eigenvalue weighted by Gasteiger charge is 2.07. The van der Waals surface area contributed by atoms with Crippen LogP contribution in [0, 0.1) is 6.92 Å².